The summed E-state index contributed by atoms with van der Waals surface area (Å²) >= 11 is 0. The molecule has 2 unspecified atom stereocenters. The number of amides is 3. The number of ether oxygens (including phenoxy) is 1. The molecule has 0 saturated carbocycles. The third-order valence-electron chi connectivity index (χ3n) is 5.57. The average molecular weight is 454 g/mol. The fourth-order valence-electron chi connectivity index (χ4n) is 3.27. The minimum absolute atomic E-state index is 0.00503. The van der Waals surface area contributed by atoms with Gasteiger partial charge in [0, 0.05) is 18.5 Å². The SMILES string of the molecule is CCC(Oc1ccccc1C(C)CC)C(=O)NNC(=O)CCC(=O)Nc1cc(C)ccc1C. The second-order valence-electron chi connectivity index (χ2n) is 8.27. The Balaban J connectivity index is 1.83. The Kier molecular flexibility index (Phi) is 9.91. The normalized spacial score (nSPS) is 12.4. The van der Waals surface area contributed by atoms with Crippen LogP contribution in [0.3, 0.4) is 0 Å². The van der Waals surface area contributed by atoms with Gasteiger partial charge in [-0.1, -0.05) is 51.1 Å². The highest BCUT2D eigenvalue weighted by molar-refractivity contribution is 5.94. The number of nitrogens with one attached hydrogen (secondary N) is 3. The van der Waals surface area contributed by atoms with Crippen LogP contribution >= 0.6 is 0 Å². The van der Waals surface area contributed by atoms with E-state index in [1.807, 2.05) is 63.2 Å². The molecule has 0 aliphatic rings. The fraction of sp³-hybridized carbons (Fsp3) is 0.423. The summed E-state index contributed by atoms with van der Waals surface area (Å²) in [6.07, 6.45) is 0.602. The van der Waals surface area contributed by atoms with Crippen molar-refractivity contribution in [2.75, 3.05) is 5.32 Å². The molecule has 2 atom stereocenters. The lowest BCUT2D eigenvalue weighted by Crippen LogP contribution is -2.48. The monoisotopic (exact) mass is 453 g/mol. The molecule has 2 aromatic rings. The van der Waals surface area contributed by atoms with Crippen molar-refractivity contribution in [2.45, 2.75) is 72.3 Å². The van der Waals surface area contributed by atoms with Gasteiger partial charge < -0.3 is 10.1 Å². The van der Waals surface area contributed by atoms with Crippen LogP contribution in [0.1, 0.15) is 69.1 Å². The van der Waals surface area contributed by atoms with Crippen LogP contribution in [0.2, 0.25) is 0 Å². The van der Waals surface area contributed by atoms with E-state index in [1.54, 1.807) is 0 Å². The van der Waals surface area contributed by atoms with E-state index in [1.165, 1.54) is 0 Å². The Hall–Kier alpha value is -3.35. The third kappa shape index (κ3) is 7.93. The molecule has 2 aromatic carbocycles. The van der Waals surface area contributed by atoms with Gasteiger partial charge in [-0.2, -0.15) is 0 Å². The zero-order valence-corrected chi connectivity index (χ0v) is 20.2. The first-order chi connectivity index (χ1) is 15.7. The van der Waals surface area contributed by atoms with Crippen molar-refractivity contribution < 1.29 is 19.1 Å². The lowest BCUT2D eigenvalue weighted by atomic mass is 9.98. The lowest BCUT2D eigenvalue weighted by molar-refractivity contribution is -0.133. The number of para-hydroxylation sites is 1. The van der Waals surface area contributed by atoms with E-state index >= 15 is 0 Å². The second-order valence-corrected chi connectivity index (χ2v) is 8.27. The van der Waals surface area contributed by atoms with Gasteiger partial charge in [0.1, 0.15) is 5.75 Å². The van der Waals surface area contributed by atoms with Gasteiger partial charge in [-0.05, 0) is 61.4 Å². The second kappa shape index (κ2) is 12.6. The van der Waals surface area contributed by atoms with Crippen LogP contribution in [0.25, 0.3) is 0 Å². The van der Waals surface area contributed by atoms with Gasteiger partial charge in [-0.15, -0.1) is 0 Å². The molecule has 2 rings (SSSR count). The molecule has 0 fully saturated rings. The minimum Gasteiger partial charge on any atom is -0.480 e. The van der Waals surface area contributed by atoms with Crippen molar-refractivity contribution in [3.8, 4) is 5.75 Å². The van der Waals surface area contributed by atoms with Crippen molar-refractivity contribution in [2.24, 2.45) is 0 Å². The van der Waals surface area contributed by atoms with Crippen LogP contribution in [-0.4, -0.2) is 23.8 Å². The Morgan fingerprint density at radius 1 is 0.909 bits per heavy atom. The summed E-state index contributed by atoms with van der Waals surface area (Å²) in [5, 5.41) is 2.82. The van der Waals surface area contributed by atoms with E-state index in [4.69, 9.17) is 4.74 Å². The molecule has 0 saturated heterocycles. The molecule has 7 nitrogen and oxygen atoms in total. The van der Waals surface area contributed by atoms with Crippen LogP contribution < -0.4 is 20.9 Å². The summed E-state index contributed by atoms with van der Waals surface area (Å²) in [6.45, 7) is 9.91. The Bertz CT molecular complexity index is 974. The minimum atomic E-state index is -0.747. The standard InChI is InChI=1S/C26H35N3O4/c1-6-18(4)20-10-8-9-11-23(20)33-22(7-2)26(32)29-28-25(31)15-14-24(30)27-21-16-17(3)12-13-19(21)5/h8-13,16,18,22H,6-7,14-15H2,1-5H3,(H,27,30)(H,28,31)(H,29,32). The number of carbonyl (C=O) groups excluding carboxylic acids is 3. The van der Waals surface area contributed by atoms with Crippen molar-refractivity contribution in [3.63, 3.8) is 0 Å². The molecule has 3 N–H and O–H groups in total. The number of anilines is 1. The smallest absolute Gasteiger partial charge is 0.279 e. The Morgan fingerprint density at radius 3 is 2.30 bits per heavy atom. The maximum atomic E-state index is 12.6. The summed E-state index contributed by atoms with van der Waals surface area (Å²) in [5.74, 6) is -0.181. The molecule has 0 radical (unpaired) electrons. The van der Waals surface area contributed by atoms with Gasteiger partial charge in [-0.3, -0.25) is 25.2 Å². The zero-order valence-electron chi connectivity index (χ0n) is 20.2. The highest BCUT2D eigenvalue weighted by atomic mass is 16.5. The molecule has 0 aromatic heterocycles. The van der Waals surface area contributed by atoms with E-state index in [0.29, 0.717) is 18.1 Å². The topological polar surface area (TPSA) is 96.5 Å². The largest absolute Gasteiger partial charge is 0.480 e. The quantitative estimate of drug-likeness (QED) is 0.460. The summed E-state index contributed by atoms with van der Waals surface area (Å²) in [7, 11) is 0. The third-order valence-corrected chi connectivity index (χ3v) is 5.57. The van der Waals surface area contributed by atoms with Crippen LogP contribution in [0, 0.1) is 13.8 Å². The number of rotatable bonds is 10. The zero-order chi connectivity index (χ0) is 24.4. The number of aryl methyl sites for hydroxylation is 2. The van der Waals surface area contributed by atoms with E-state index in [0.717, 1.165) is 28.8 Å². The summed E-state index contributed by atoms with van der Waals surface area (Å²) in [5.41, 5.74) is 8.55. The predicted octanol–water partition coefficient (Wildman–Crippen LogP) is 4.54. The van der Waals surface area contributed by atoms with Gasteiger partial charge in [0.25, 0.3) is 5.91 Å². The predicted molar refractivity (Wildman–Crippen MR) is 130 cm³/mol. The van der Waals surface area contributed by atoms with Crippen molar-refractivity contribution >= 4 is 23.4 Å². The van der Waals surface area contributed by atoms with Gasteiger partial charge in [0.05, 0.1) is 0 Å². The Labute approximate surface area is 196 Å². The average Bonchev–Trinajstić information content (AvgIpc) is 2.81. The van der Waals surface area contributed by atoms with E-state index < -0.39 is 17.9 Å². The number of hydrogen-bond acceptors (Lipinski definition) is 4. The molecule has 33 heavy (non-hydrogen) atoms. The van der Waals surface area contributed by atoms with Gasteiger partial charge in [0.2, 0.25) is 11.8 Å². The first-order valence-electron chi connectivity index (χ1n) is 11.5. The van der Waals surface area contributed by atoms with Gasteiger partial charge >= 0.3 is 0 Å². The van der Waals surface area contributed by atoms with Crippen LogP contribution in [0.5, 0.6) is 5.75 Å². The molecule has 0 bridgehead atoms. The lowest BCUT2D eigenvalue weighted by Gasteiger charge is -2.21. The molecule has 178 valence electrons. The van der Waals surface area contributed by atoms with Crippen molar-refractivity contribution in [1.82, 2.24) is 10.9 Å². The van der Waals surface area contributed by atoms with Crippen LogP contribution in [0.4, 0.5) is 5.69 Å². The first kappa shape index (κ1) is 25.9. The number of hydrogen-bond donors (Lipinski definition) is 3. The van der Waals surface area contributed by atoms with Crippen LogP contribution in [0.15, 0.2) is 42.5 Å². The summed E-state index contributed by atoms with van der Waals surface area (Å²) in [4.78, 5) is 36.9. The van der Waals surface area contributed by atoms with Gasteiger partial charge in [-0.25, -0.2) is 0 Å². The van der Waals surface area contributed by atoms with Crippen LogP contribution in [-0.2, 0) is 14.4 Å². The molecule has 7 heteroatoms. The van der Waals surface area contributed by atoms with Crippen molar-refractivity contribution in [1.29, 1.82) is 0 Å². The van der Waals surface area contributed by atoms with Crippen molar-refractivity contribution in [3.05, 3.63) is 59.2 Å². The fourth-order valence-corrected chi connectivity index (χ4v) is 3.27. The number of hydrazine groups is 1. The first-order valence-corrected chi connectivity index (χ1v) is 11.5. The molecule has 0 aliphatic carbocycles. The van der Waals surface area contributed by atoms with E-state index in [-0.39, 0.29) is 18.7 Å². The maximum Gasteiger partial charge on any atom is 0.279 e. The maximum absolute atomic E-state index is 12.6. The molecule has 0 aliphatic heterocycles. The summed E-state index contributed by atoms with van der Waals surface area (Å²) < 4.78 is 5.97. The number of carbonyl (C=O) groups is 3. The molecule has 3 amide bonds. The molecule has 0 spiro atoms. The number of benzene rings is 2. The highest BCUT2D eigenvalue weighted by Crippen LogP contribution is 2.29. The van der Waals surface area contributed by atoms with Gasteiger partial charge in [0.15, 0.2) is 6.10 Å². The molecular weight excluding hydrogens is 418 g/mol. The molecular formula is C26H35N3O4. The Morgan fingerprint density at radius 2 is 1.61 bits per heavy atom. The highest BCUT2D eigenvalue weighted by Gasteiger charge is 2.21. The van der Waals surface area contributed by atoms with E-state index in [2.05, 4.69) is 30.0 Å². The molecule has 0 heterocycles. The summed E-state index contributed by atoms with van der Waals surface area (Å²) in [6, 6.07) is 13.5. The van der Waals surface area contributed by atoms with E-state index in [9.17, 15) is 14.4 Å².